The summed E-state index contributed by atoms with van der Waals surface area (Å²) in [4.78, 5) is 0. The van der Waals surface area contributed by atoms with Gasteiger partial charge in [0.1, 0.15) is 5.76 Å². The van der Waals surface area contributed by atoms with Crippen LogP contribution < -0.4 is 20.1 Å². The Bertz CT molecular complexity index is 599. The van der Waals surface area contributed by atoms with E-state index in [9.17, 15) is 0 Å². The van der Waals surface area contributed by atoms with Gasteiger partial charge in [0.25, 0.3) is 0 Å². The molecule has 0 fully saturated rings. The van der Waals surface area contributed by atoms with E-state index in [1.807, 2.05) is 30.3 Å². The number of hydrogen-bond acceptors (Lipinski definition) is 4. The molecule has 118 valence electrons. The van der Waals surface area contributed by atoms with Gasteiger partial charge in [-0.1, -0.05) is 6.07 Å². The highest BCUT2D eigenvalue weighted by Crippen LogP contribution is 2.27. The average Bonchev–Trinajstić information content (AvgIpc) is 3.06. The van der Waals surface area contributed by atoms with Crippen molar-refractivity contribution in [3.05, 3.63) is 47.9 Å². The van der Waals surface area contributed by atoms with Crippen LogP contribution in [-0.2, 0) is 13.0 Å². The molecule has 22 heavy (non-hydrogen) atoms. The third-order valence-corrected chi connectivity index (χ3v) is 3.44. The van der Waals surface area contributed by atoms with E-state index in [1.165, 1.54) is 0 Å². The summed E-state index contributed by atoms with van der Waals surface area (Å²) in [5.74, 6) is 2.32. The molecular formula is C16H20N2O3S. The van der Waals surface area contributed by atoms with E-state index in [0.717, 1.165) is 35.8 Å². The molecule has 2 N–H and O–H groups in total. The van der Waals surface area contributed by atoms with Crippen molar-refractivity contribution < 1.29 is 13.9 Å². The average molecular weight is 320 g/mol. The molecular weight excluding hydrogens is 300 g/mol. The Morgan fingerprint density at radius 1 is 1.14 bits per heavy atom. The maximum atomic E-state index is 5.29. The summed E-state index contributed by atoms with van der Waals surface area (Å²) in [7, 11) is 3.26. The van der Waals surface area contributed by atoms with E-state index < -0.39 is 0 Å². The maximum absolute atomic E-state index is 5.29. The van der Waals surface area contributed by atoms with Crippen LogP contribution in [0.5, 0.6) is 11.5 Å². The molecule has 2 rings (SSSR count). The van der Waals surface area contributed by atoms with Crippen molar-refractivity contribution in [3.8, 4) is 11.5 Å². The summed E-state index contributed by atoms with van der Waals surface area (Å²) >= 11 is 5.22. The van der Waals surface area contributed by atoms with Gasteiger partial charge in [-0.05, 0) is 48.5 Å². The van der Waals surface area contributed by atoms with Gasteiger partial charge in [-0.25, -0.2) is 0 Å². The summed E-state index contributed by atoms with van der Waals surface area (Å²) in [6.07, 6.45) is 2.48. The highest BCUT2D eigenvalue weighted by molar-refractivity contribution is 7.80. The van der Waals surface area contributed by atoms with Gasteiger partial charge >= 0.3 is 0 Å². The summed E-state index contributed by atoms with van der Waals surface area (Å²) in [5, 5.41) is 6.87. The molecule has 0 bridgehead atoms. The second-order valence-corrected chi connectivity index (χ2v) is 5.04. The summed E-state index contributed by atoms with van der Waals surface area (Å²) in [6.45, 7) is 1.31. The monoisotopic (exact) mass is 320 g/mol. The second kappa shape index (κ2) is 8.29. The van der Waals surface area contributed by atoms with Crippen molar-refractivity contribution in [2.75, 3.05) is 20.8 Å². The lowest BCUT2D eigenvalue weighted by Crippen LogP contribution is -2.35. The highest BCUT2D eigenvalue weighted by Gasteiger charge is 2.04. The van der Waals surface area contributed by atoms with Crippen LogP contribution >= 0.6 is 12.2 Å². The summed E-state index contributed by atoms with van der Waals surface area (Å²) in [6, 6.07) is 9.65. The molecule has 0 radical (unpaired) electrons. The molecule has 1 aromatic carbocycles. The molecule has 0 aliphatic heterocycles. The van der Waals surface area contributed by atoms with E-state index >= 15 is 0 Å². The second-order valence-electron chi connectivity index (χ2n) is 4.63. The largest absolute Gasteiger partial charge is 0.493 e. The van der Waals surface area contributed by atoms with Crippen LogP contribution in [-0.4, -0.2) is 25.9 Å². The third-order valence-electron chi connectivity index (χ3n) is 3.15. The Balaban J connectivity index is 1.74. The van der Waals surface area contributed by atoms with Crippen molar-refractivity contribution in [1.29, 1.82) is 0 Å². The van der Waals surface area contributed by atoms with Crippen molar-refractivity contribution in [2.45, 2.75) is 13.0 Å². The van der Waals surface area contributed by atoms with Crippen molar-refractivity contribution in [1.82, 2.24) is 10.6 Å². The minimum Gasteiger partial charge on any atom is -0.493 e. The van der Waals surface area contributed by atoms with Crippen molar-refractivity contribution >= 4 is 17.3 Å². The van der Waals surface area contributed by atoms with Gasteiger partial charge in [0.2, 0.25) is 0 Å². The van der Waals surface area contributed by atoms with E-state index in [2.05, 4.69) is 10.6 Å². The first kappa shape index (κ1) is 16.2. The molecule has 0 saturated carbocycles. The molecule has 0 unspecified atom stereocenters. The molecule has 5 nitrogen and oxygen atoms in total. The Morgan fingerprint density at radius 2 is 1.95 bits per heavy atom. The van der Waals surface area contributed by atoms with Gasteiger partial charge in [-0.15, -0.1) is 0 Å². The number of furan rings is 1. The van der Waals surface area contributed by atoms with E-state index in [1.54, 1.807) is 20.5 Å². The third kappa shape index (κ3) is 4.66. The fourth-order valence-corrected chi connectivity index (χ4v) is 2.17. The number of ether oxygens (including phenoxy) is 2. The first-order valence-corrected chi connectivity index (χ1v) is 7.38. The number of nitrogens with one attached hydrogen (secondary N) is 2. The molecule has 2 aromatic rings. The summed E-state index contributed by atoms with van der Waals surface area (Å²) in [5.41, 5.74) is 1.15. The molecule has 0 saturated heterocycles. The van der Waals surface area contributed by atoms with Gasteiger partial charge in [0, 0.05) is 6.54 Å². The molecule has 0 aliphatic carbocycles. The molecule has 0 spiro atoms. The predicted molar refractivity (Wildman–Crippen MR) is 89.4 cm³/mol. The standard InChI is InChI=1S/C16H20N2O3S/c1-19-14-6-5-12(10-15(14)20-2)7-8-17-16(22)18-11-13-4-3-9-21-13/h3-6,9-10H,7-8,11H2,1-2H3,(H2,17,18,22). The zero-order valence-electron chi connectivity index (χ0n) is 12.7. The van der Waals surface area contributed by atoms with Crippen LogP contribution in [0.2, 0.25) is 0 Å². The first-order valence-electron chi connectivity index (χ1n) is 6.98. The molecule has 1 aromatic heterocycles. The number of benzene rings is 1. The lowest BCUT2D eigenvalue weighted by molar-refractivity contribution is 0.354. The van der Waals surface area contributed by atoms with Crippen LogP contribution in [0.25, 0.3) is 0 Å². The fraction of sp³-hybridized carbons (Fsp3) is 0.312. The quantitative estimate of drug-likeness (QED) is 0.765. The van der Waals surface area contributed by atoms with E-state index in [4.69, 9.17) is 26.1 Å². The lowest BCUT2D eigenvalue weighted by atomic mass is 10.1. The number of thiocarbonyl (C=S) groups is 1. The van der Waals surface area contributed by atoms with Crippen LogP contribution in [0.1, 0.15) is 11.3 Å². The van der Waals surface area contributed by atoms with Crippen molar-refractivity contribution in [3.63, 3.8) is 0 Å². The lowest BCUT2D eigenvalue weighted by Gasteiger charge is -2.11. The van der Waals surface area contributed by atoms with Gasteiger partial charge in [0.05, 0.1) is 27.0 Å². The predicted octanol–water partition coefficient (Wildman–Crippen LogP) is 2.50. The zero-order chi connectivity index (χ0) is 15.8. The number of rotatable bonds is 7. The Labute approximate surface area is 135 Å². The fourth-order valence-electron chi connectivity index (χ4n) is 2.00. The smallest absolute Gasteiger partial charge is 0.166 e. The van der Waals surface area contributed by atoms with Gasteiger partial charge in [-0.2, -0.15) is 0 Å². The van der Waals surface area contributed by atoms with Crippen LogP contribution in [0.4, 0.5) is 0 Å². The Kier molecular flexibility index (Phi) is 6.09. The van der Waals surface area contributed by atoms with Gasteiger partial charge in [-0.3, -0.25) is 0 Å². The highest BCUT2D eigenvalue weighted by atomic mass is 32.1. The Hall–Kier alpha value is -2.21. The van der Waals surface area contributed by atoms with Gasteiger partial charge in [0.15, 0.2) is 16.6 Å². The SMILES string of the molecule is COc1ccc(CCNC(=S)NCc2ccco2)cc1OC. The van der Waals surface area contributed by atoms with Crippen molar-refractivity contribution in [2.24, 2.45) is 0 Å². The minimum absolute atomic E-state index is 0.579. The Morgan fingerprint density at radius 3 is 2.64 bits per heavy atom. The van der Waals surface area contributed by atoms with Crippen LogP contribution in [0.15, 0.2) is 41.0 Å². The normalized spacial score (nSPS) is 10.1. The van der Waals surface area contributed by atoms with Crippen LogP contribution in [0, 0.1) is 0 Å². The minimum atomic E-state index is 0.579. The zero-order valence-corrected chi connectivity index (χ0v) is 13.5. The number of hydrogen-bond donors (Lipinski definition) is 2. The maximum Gasteiger partial charge on any atom is 0.166 e. The summed E-state index contributed by atoms with van der Waals surface area (Å²) < 4.78 is 15.7. The van der Waals surface area contributed by atoms with Gasteiger partial charge < -0.3 is 24.5 Å². The molecule has 6 heteroatoms. The number of methoxy groups -OCH3 is 2. The van der Waals surface area contributed by atoms with Crippen LogP contribution in [0.3, 0.4) is 0 Å². The first-order chi connectivity index (χ1) is 10.7. The molecule has 0 atom stereocenters. The molecule has 0 aliphatic rings. The molecule has 1 heterocycles. The van der Waals surface area contributed by atoms with E-state index in [0.29, 0.717) is 11.7 Å². The molecule has 0 amide bonds. The topological polar surface area (TPSA) is 55.7 Å². The van der Waals surface area contributed by atoms with E-state index in [-0.39, 0.29) is 0 Å².